The molecule has 0 aromatic heterocycles. The van der Waals surface area contributed by atoms with Crippen LogP contribution in [0.5, 0.6) is 0 Å². The first kappa shape index (κ1) is 12.5. The van der Waals surface area contributed by atoms with Gasteiger partial charge in [0, 0.05) is 24.5 Å². The fraction of sp³-hybridized carbons (Fsp3) is 0.188. The van der Waals surface area contributed by atoms with Crippen LogP contribution in [0.3, 0.4) is 0 Å². The van der Waals surface area contributed by atoms with Gasteiger partial charge in [0.1, 0.15) is 5.82 Å². The largest absolute Gasteiger partial charge is 0.398 e. The number of hydrogen-bond acceptors (Lipinski definition) is 3. The Hall–Kier alpha value is -2.54. The molecule has 0 saturated heterocycles. The van der Waals surface area contributed by atoms with E-state index >= 15 is 0 Å². The Labute approximate surface area is 117 Å². The zero-order valence-electron chi connectivity index (χ0n) is 10.9. The molecule has 1 aliphatic rings. The van der Waals surface area contributed by atoms with Crippen LogP contribution in [0.15, 0.2) is 36.4 Å². The number of rotatable bonds is 1. The van der Waals surface area contributed by atoms with Crippen molar-refractivity contribution in [3.8, 4) is 6.07 Å². The SMILES string of the molecule is N#Cc1cc(F)cc(N2CCc3cccc(N)c3C2)c1. The van der Waals surface area contributed by atoms with E-state index in [4.69, 9.17) is 11.0 Å². The summed E-state index contributed by atoms with van der Waals surface area (Å²) in [5, 5.41) is 8.93. The van der Waals surface area contributed by atoms with Crippen molar-refractivity contribution in [3.05, 3.63) is 58.9 Å². The Balaban J connectivity index is 1.96. The third kappa shape index (κ3) is 2.19. The summed E-state index contributed by atoms with van der Waals surface area (Å²) in [5.41, 5.74) is 10.2. The highest BCUT2D eigenvalue weighted by atomic mass is 19.1. The molecule has 1 heterocycles. The van der Waals surface area contributed by atoms with Gasteiger partial charge in [0.2, 0.25) is 0 Å². The van der Waals surface area contributed by atoms with Crippen molar-refractivity contribution >= 4 is 11.4 Å². The highest BCUT2D eigenvalue weighted by Crippen LogP contribution is 2.28. The molecule has 100 valence electrons. The van der Waals surface area contributed by atoms with Gasteiger partial charge in [-0.15, -0.1) is 0 Å². The lowest BCUT2D eigenvalue weighted by Gasteiger charge is -2.31. The molecular formula is C16H14FN3. The fourth-order valence-corrected chi connectivity index (χ4v) is 2.65. The second kappa shape index (κ2) is 4.86. The number of fused-ring (bicyclic) bond motifs is 1. The Morgan fingerprint density at radius 2 is 2.10 bits per heavy atom. The monoisotopic (exact) mass is 267 g/mol. The molecule has 2 aromatic carbocycles. The lowest BCUT2D eigenvalue weighted by Crippen LogP contribution is -2.31. The number of nitrogens with two attached hydrogens (primary N) is 1. The predicted octanol–water partition coefficient (Wildman–Crippen LogP) is 2.84. The van der Waals surface area contributed by atoms with E-state index in [2.05, 4.69) is 11.0 Å². The minimum atomic E-state index is -0.383. The van der Waals surface area contributed by atoms with Crippen molar-refractivity contribution in [1.29, 1.82) is 5.26 Å². The minimum absolute atomic E-state index is 0.340. The molecule has 2 aromatic rings. The summed E-state index contributed by atoms with van der Waals surface area (Å²) in [4.78, 5) is 2.06. The van der Waals surface area contributed by atoms with Crippen LogP contribution < -0.4 is 10.6 Å². The molecule has 0 amide bonds. The maximum absolute atomic E-state index is 13.5. The summed E-state index contributed by atoms with van der Waals surface area (Å²) in [6.45, 7) is 1.45. The number of hydrogen-bond donors (Lipinski definition) is 1. The summed E-state index contributed by atoms with van der Waals surface area (Å²) in [6.07, 6.45) is 0.874. The molecule has 3 nitrogen and oxygen atoms in total. The summed E-state index contributed by atoms with van der Waals surface area (Å²) >= 11 is 0. The average Bonchev–Trinajstić information content (AvgIpc) is 2.46. The van der Waals surface area contributed by atoms with E-state index in [-0.39, 0.29) is 5.82 Å². The van der Waals surface area contributed by atoms with Gasteiger partial charge in [-0.05, 0) is 41.8 Å². The van der Waals surface area contributed by atoms with Gasteiger partial charge in [-0.1, -0.05) is 12.1 Å². The maximum atomic E-state index is 13.5. The van der Waals surface area contributed by atoms with E-state index in [0.29, 0.717) is 12.1 Å². The number of nitriles is 1. The molecule has 0 fully saturated rings. The Kier molecular flexibility index (Phi) is 3.03. The minimum Gasteiger partial charge on any atom is -0.398 e. The fourth-order valence-electron chi connectivity index (χ4n) is 2.65. The van der Waals surface area contributed by atoms with Gasteiger partial charge in [0.15, 0.2) is 0 Å². The van der Waals surface area contributed by atoms with Gasteiger partial charge in [0.25, 0.3) is 0 Å². The quantitative estimate of drug-likeness (QED) is 0.808. The standard InChI is InChI=1S/C16H14FN3/c17-13-6-11(9-18)7-14(8-13)20-5-4-12-2-1-3-16(19)15(12)10-20/h1-3,6-8H,4-5,10,19H2. The van der Waals surface area contributed by atoms with Crippen molar-refractivity contribution in [1.82, 2.24) is 0 Å². The number of halogens is 1. The van der Waals surface area contributed by atoms with Crippen LogP contribution in [0.2, 0.25) is 0 Å². The normalized spacial score (nSPS) is 13.7. The molecule has 0 bridgehead atoms. The smallest absolute Gasteiger partial charge is 0.126 e. The number of nitrogen functional groups attached to an aromatic ring is 1. The molecule has 1 aliphatic heterocycles. The third-order valence-corrected chi connectivity index (χ3v) is 3.69. The lowest BCUT2D eigenvalue weighted by atomic mass is 9.97. The molecule has 0 radical (unpaired) electrons. The van der Waals surface area contributed by atoms with Crippen LogP contribution in [0.1, 0.15) is 16.7 Å². The second-order valence-corrected chi connectivity index (χ2v) is 4.97. The van der Waals surface area contributed by atoms with Gasteiger partial charge < -0.3 is 10.6 Å². The van der Waals surface area contributed by atoms with Gasteiger partial charge in [-0.25, -0.2) is 4.39 Å². The Bertz CT molecular complexity index is 703. The Morgan fingerprint density at radius 1 is 1.25 bits per heavy atom. The summed E-state index contributed by atoms with van der Waals surface area (Å²) in [5.74, 6) is -0.383. The first-order valence-electron chi connectivity index (χ1n) is 6.49. The van der Waals surface area contributed by atoms with Crippen molar-refractivity contribution in [2.45, 2.75) is 13.0 Å². The summed E-state index contributed by atoms with van der Waals surface area (Å²) in [6, 6.07) is 12.3. The summed E-state index contributed by atoms with van der Waals surface area (Å²) in [7, 11) is 0. The maximum Gasteiger partial charge on any atom is 0.126 e. The highest BCUT2D eigenvalue weighted by Gasteiger charge is 2.19. The van der Waals surface area contributed by atoms with Crippen LogP contribution in [0, 0.1) is 17.1 Å². The van der Waals surface area contributed by atoms with Gasteiger partial charge in [-0.2, -0.15) is 5.26 Å². The molecule has 20 heavy (non-hydrogen) atoms. The van der Waals surface area contributed by atoms with E-state index in [0.717, 1.165) is 29.9 Å². The van der Waals surface area contributed by atoms with Crippen LogP contribution in [0.25, 0.3) is 0 Å². The molecule has 0 atom stereocenters. The molecule has 0 aliphatic carbocycles. The van der Waals surface area contributed by atoms with Crippen LogP contribution in [0.4, 0.5) is 15.8 Å². The molecule has 2 N–H and O–H groups in total. The molecule has 0 unspecified atom stereocenters. The van der Waals surface area contributed by atoms with E-state index in [1.165, 1.54) is 17.7 Å². The van der Waals surface area contributed by atoms with Gasteiger partial charge in [0.05, 0.1) is 11.6 Å². The third-order valence-electron chi connectivity index (χ3n) is 3.69. The molecule has 4 heteroatoms. The predicted molar refractivity (Wildman–Crippen MR) is 76.7 cm³/mol. The van der Waals surface area contributed by atoms with Crippen LogP contribution >= 0.6 is 0 Å². The highest BCUT2D eigenvalue weighted by molar-refractivity contribution is 5.58. The van der Waals surface area contributed by atoms with Crippen molar-refractivity contribution in [3.63, 3.8) is 0 Å². The number of benzene rings is 2. The molecule has 3 rings (SSSR count). The van der Waals surface area contributed by atoms with Crippen molar-refractivity contribution in [2.75, 3.05) is 17.2 Å². The van der Waals surface area contributed by atoms with Crippen molar-refractivity contribution < 1.29 is 4.39 Å². The van der Waals surface area contributed by atoms with Crippen LogP contribution in [-0.2, 0) is 13.0 Å². The lowest BCUT2D eigenvalue weighted by molar-refractivity contribution is 0.624. The first-order valence-corrected chi connectivity index (χ1v) is 6.49. The zero-order valence-corrected chi connectivity index (χ0v) is 10.9. The first-order chi connectivity index (χ1) is 9.67. The van der Waals surface area contributed by atoms with E-state index < -0.39 is 0 Å². The number of nitrogens with zero attached hydrogens (tertiary/aromatic N) is 2. The molecule has 0 saturated carbocycles. The van der Waals surface area contributed by atoms with E-state index in [1.807, 2.05) is 18.2 Å². The van der Waals surface area contributed by atoms with Crippen molar-refractivity contribution in [2.24, 2.45) is 0 Å². The van der Waals surface area contributed by atoms with E-state index in [1.54, 1.807) is 6.07 Å². The van der Waals surface area contributed by atoms with Gasteiger partial charge >= 0.3 is 0 Å². The zero-order chi connectivity index (χ0) is 14.1. The van der Waals surface area contributed by atoms with Gasteiger partial charge in [-0.3, -0.25) is 0 Å². The number of anilines is 2. The average molecular weight is 267 g/mol. The second-order valence-electron chi connectivity index (χ2n) is 4.97. The van der Waals surface area contributed by atoms with E-state index in [9.17, 15) is 4.39 Å². The summed E-state index contributed by atoms with van der Waals surface area (Å²) < 4.78 is 13.5. The van der Waals surface area contributed by atoms with Crippen LogP contribution in [-0.4, -0.2) is 6.54 Å². The molecular weight excluding hydrogens is 253 g/mol. The Morgan fingerprint density at radius 3 is 2.90 bits per heavy atom. The topological polar surface area (TPSA) is 53.0 Å². The molecule has 0 spiro atoms.